The Balaban J connectivity index is 1.36. The lowest BCUT2D eigenvalue weighted by Gasteiger charge is -2.37. The Labute approximate surface area is 180 Å². The molecule has 5 nitrogen and oxygen atoms in total. The van der Waals surface area contributed by atoms with E-state index in [0.29, 0.717) is 6.04 Å². The van der Waals surface area contributed by atoms with E-state index in [9.17, 15) is 4.79 Å². The second-order valence-corrected chi connectivity index (χ2v) is 8.81. The molecule has 2 heterocycles. The predicted octanol–water partition coefficient (Wildman–Crippen LogP) is 3.93. The van der Waals surface area contributed by atoms with Crippen molar-refractivity contribution in [1.29, 1.82) is 0 Å². The maximum atomic E-state index is 13.1. The van der Waals surface area contributed by atoms with Crippen LogP contribution in [0.5, 0.6) is 5.75 Å². The van der Waals surface area contributed by atoms with Crippen LogP contribution in [0.15, 0.2) is 24.4 Å². The molecule has 0 bridgehead atoms. The number of fused-ring (bicyclic) bond motifs is 1. The number of carbonyl (C=O) groups excluding carboxylic acids is 1. The van der Waals surface area contributed by atoms with Gasteiger partial charge in [-0.05, 0) is 69.2 Å². The Hall–Kier alpha value is -2.40. The third kappa shape index (κ3) is 4.08. The number of aryl methyl sites for hydroxylation is 3. The fourth-order valence-corrected chi connectivity index (χ4v) is 4.98. The van der Waals surface area contributed by atoms with Gasteiger partial charge in [0, 0.05) is 55.6 Å². The first kappa shape index (κ1) is 20.9. The summed E-state index contributed by atoms with van der Waals surface area (Å²) < 4.78 is 5.55. The summed E-state index contributed by atoms with van der Waals surface area (Å²) in [4.78, 5) is 22.1. The Bertz CT molecular complexity index is 932. The molecule has 1 amide bonds. The minimum absolute atomic E-state index is 0.156. The lowest BCUT2D eigenvalue weighted by Crippen LogP contribution is -2.45. The zero-order valence-corrected chi connectivity index (χ0v) is 18.7. The summed E-state index contributed by atoms with van der Waals surface area (Å²) in [6.45, 7) is 6.90. The van der Waals surface area contributed by atoms with Crippen molar-refractivity contribution in [1.82, 2.24) is 14.8 Å². The number of carbonyl (C=O) groups is 1. The van der Waals surface area contributed by atoms with Crippen molar-refractivity contribution >= 4 is 5.91 Å². The average molecular weight is 408 g/mol. The minimum atomic E-state index is 0.156. The highest BCUT2D eigenvalue weighted by Crippen LogP contribution is 2.27. The lowest BCUT2D eigenvalue weighted by molar-refractivity contribution is 0.0635. The minimum Gasteiger partial charge on any atom is -0.496 e. The van der Waals surface area contributed by atoms with Crippen molar-refractivity contribution in [2.45, 2.75) is 58.5 Å². The number of aromatic nitrogens is 1. The van der Waals surface area contributed by atoms with E-state index in [-0.39, 0.29) is 5.91 Å². The molecule has 0 atom stereocenters. The summed E-state index contributed by atoms with van der Waals surface area (Å²) in [5.74, 6) is 1.10. The van der Waals surface area contributed by atoms with Crippen molar-refractivity contribution in [3.8, 4) is 5.75 Å². The number of nitrogens with zero attached hydrogens (tertiary/aromatic N) is 3. The summed E-state index contributed by atoms with van der Waals surface area (Å²) in [6.07, 6.45) is 7.36. The van der Waals surface area contributed by atoms with Crippen LogP contribution in [0.1, 0.15) is 57.6 Å². The number of amides is 1. The molecule has 0 N–H and O–H groups in total. The molecule has 0 radical (unpaired) electrons. The van der Waals surface area contributed by atoms with E-state index < -0.39 is 0 Å². The summed E-state index contributed by atoms with van der Waals surface area (Å²) in [7, 11) is 3.69. The Morgan fingerprint density at radius 1 is 1.20 bits per heavy atom. The van der Waals surface area contributed by atoms with Gasteiger partial charge in [0.1, 0.15) is 5.75 Å². The smallest absolute Gasteiger partial charge is 0.253 e. The summed E-state index contributed by atoms with van der Waals surface area (Å²) in [5.41, 5.74) is 6.90. The van der Waals surface area contributed by atoms with Crippen LogP contribution in [0, 0.1) is 13.8 Å². The second-order valence-electron chi connectivity index (χ2n) is 8.81. The van der Waals surface area contributed by atoms with Gasteiger partial charge in [-0.15, -0.1) is 0 Å². The highest BCUT2D eigenvalue weighted by atomic mass is 16.5. The highest BCUT2D eigenvalue weighted by Gasteiger charge is 2.27. The molecule has 1 saturated heterocycles. The third-order valence-electron chi connectivity index (χ3n) is 6.89. The maximum absolute atomic E-state index is 13.1. The van der Waals surface area contributed by atoms with Gasteiger partial charge in [0.25, 0.3) is 5.91 Å². The number of benzene rings is 1. The molecular weight excluding hydrogens is 374 g/mol. The van der Waals surface area contributed by atoms with Gasteiger partial charge in [0.15, 0.2) is 0 Å². The van der Waals surface area contributed by atoms with Gasteiger partial charge < -0.3 is 9.64 Å². The second kappa shape index (κ2) is 8.76. The van der Waals surface area contributed by atoms with Crippen LogP contribution in [-0.2, 0) is 19.4 Å². The molecule has 30 heavy (non-hydrogen) atoms. The molecule has 2 aliphatic rings. The van der Waals surface area contributed by atoms with Crippen molar-refractivity contribution in [2.24, 2.45) is 0 Å². The number of piperidine rings is 1. The molecule has 1 fully saturated rings. The number of hydrogen-bond acceptors (Lipinski definition) is 4. The molecule has 1 aliphatic carbocycles. The topological polar surface area (TPSA) is 45.7 Å². The normalized spacial score (nSPS) is 17.1. The van der Waals surface area contributed by atoms with E-state index in [1.807, 2.05) is 31.1 Å². The van der Waals surface area contributed by atoms with Crippen molar-refractivity contribution < 1.29 is 9.53 Å². The first-order valence-electron chi connectivity index (χ1n) is 11.1. The molecule has 160 valence electrons. The molecule has 1 aromatic heterocycles. The predicted molar refractivity (Wildman–Crippen MR) is 119 cm³/mol. The monoisotopic (exact) mass is 407 g/mol. The molecule has 2 aromatic rings. The van der Waals surface area contributed by atoms with Gasteiger partial charge in [-0.1, -0.05) is 6.07 Å². The molecule has 5 heteroatoms. The molecule has 0 spiro atoms. The van der Waals surface area contributed by atoms with Gasteiger partial charge in [0.2, 0.25) is 0 Å². The molecule has 4 rings (SSSR count). The average Bonchev–Trinajstić information content (AvgIpc) is 3.23. The standard InChI is InChI=1S/C25H33N3O2/c1-17-15-26-23(18(2)24(17)30-4)16-28-12-10-22(11-13-28)27(3)25(29)21-9-8-19-6-5-7-20(19)14-21/h8-9,14-15,22H,5-7,10-13,16H2,1-4H3. The summed E-state index contributed by atoms with van der Waals surface area (Å²) >= 11 is 0. The summed E-state index contributed by atoms with van der Waals surface area (Å²) in [5, 5.41) is 0. The first-order valence-corrected chi connectivity index (χ1v) is 11.1. The Morgan fingerprint density at radius 3 is 2.67 bits per heavy atom. The number of hydrogen-bond donors (Lipinski definition) is 0. The van der Waals surface area contributed by atoms with Crippen LogP contribution in [0.2, 0.25) is 0 Å². The summed E-state index contributed by atoms with van der Waals surface area (Å²) in [6, 6.07) is 6.58. The van der Waals surface area contributed by atoms with Gasteiger partial charge in [-0.2, -0.15) is 0 Å². The van der Waals surface area contributed by atoms with Gasteiger partial charge in [-0.3, -0.25) is 14.7 Å². The van der Waals surface area contributed by atoms with Crippen LogP contribution >= 0.6 is 0 Å². The van der Waals surface area contributed by atoms with E-state index in [1.54, 1.807) is 7.11 Å². The van der Waals surface area contributed by atoms with Gasteiger partial charge in [-0.25, -0.2) is 0 Å². The fraction of sp³-hybridized carbons (Fsp3) is 0.520. The van der Waals surface area contributed by atoms with E-state index in [0.717, 1.165) is 73.5 Å². The number of methoxy groups -OCH3 is 1. The zero-order chi connectivity index (χ0) is 21.3. The SMILES string of the molecule is COc1c(C)cnc(CN2CCC(N(C)C(=O)c3ccc4c(c3)CCC4)CC2)c1C. The van der Waals surface area contributed by atoms with Crippen molar-refractivity contribution in [3.63, 3.8) is 0 Å². The number of likely N-dealkylation sites (tertiary alicyclic amines) is 1. The molecule has 1 aliphatic heterocycles. The van der Waals surface area contributed by atoms with E-state index in [2.05, 4.69) is 28.9 Å². The van der Waals surface area contributed by atoms with Crippen LogP contribution in [0.25, 0.3) is 0 Å². The zero-order valence-electron chi connectivity index (χ0n) is 18.7. The third-order valence-corrected chi connectivity index (χ3v) is 6.89. The Kier molecular flexibility index (Phi) is 6.09. The van der Waals surface area contributed by atoms with Crippen LogP contribution in [0.3, 0.4) is 0 Å². The van der Waals surface area contributed by atoms with Gasteiger partial charge in [0.05, 0.1) is 12.8 Å². The van der Waals surface area contributed by atoms with Crippen molar-refractivity contribution in [2.75, 3.05) is 27.2 Å². The fourth-order valence-electron chi connectivity index (χ4n) is 4.98. The number of pyridine rings is 1. The molecule has 1 aromatic carbocycles. The van der Waals surface area contributed by atoms with E-state index >= 15 is 0 Å². The molecular formula is C25H33N3O2. The number of ether oxygens (including phenoxy) is 1. The van der Waals surface area contributed by atoms with Crippen LogP contribution in [0.4, 0.5) is 0 Å². The van der Waals surface area contributed by atoms with E-state index in [4.69, 9.17) is 4.74 Å². The quantitative estimate of drug-likeness (QED) is 0.753. The van der Waals surface area contributed by atoms with Crippen LogP contribution < -0.4 is 4.74 Å². The largest absolute Gasteiger partial charge is 0.496 e. The number of rotatable bonds is 5. The van der Waals surface area contributed by atoms with E-state index in [1.165, 1.54) is 17.5 Å². The Morgan fingerprint density at radius 2 is 1.93 bits per heavy atom. The van der Waals surface area contributed by atoms with Gasteiger partial charge >= 0.3 is 0 Å². The highest BCUT2D eigenvalue weighted by molar-refractivity contribution is 5.94. The first-order chi connectivity index (χ1) is 14.5. The van der Waals surface area contributed by atoms with Crippen LogP contribution in [-0.4, -0.2) is 54.0 Å². The molecule has 0 saturated carbocycles. The lowest BCUT2D eigenvalue weighted by atomic mass is 10.0. The maximum Gasteiger partial charge on any atom is 0.253 e. The van der Waals surface area contributed by atoms with Crippen molar-refractivity contribution in [3.05, 3.63) is 57.9 Å². The molecule has 0 unspecified atom stereocenters.